The number of nitrogens with zero attached hydrogens (tertiary/aromatic N) is 2. The molecule has 152 valence electrons. The summed E-state index contributed by atoms with van der Waals surface area (Å²) in [6.07, 6.45) is 0.942. The van der Waals surface area contributed by atoms with Crippen molar-refractivity contribution in [2.24, 2.45) is 5.73 Å². The van der Waals surface area contributed by atoms with Crippen molar-refractivity contribution < 1.29 is 14.4 Å². The summed E-state index contributed by atoms with van der Waals surface area (Å²) >= 11 is 0. The van der Waals surface area contributed by atoms with Crippen molar-refractivity contribution in [3.63, 3.8) is 0 Å². The highest BCUT2D eigenvalue weighted by Crippen LogP contribution is 2.14. The second-order valence-electron chi connectivity index (χ2n) is 7.05. The second-order valence-corrected chi connectivity index (χ2v) is 7.05. The number of urea groups is 1. The minimum Gasteiger partial charge on any atom is -0.352 e. The van der Waals surface area contributed by atoms with Gasteiger partial charge in [0.1, 0.15) is 0 Å². The summed E-state index contributed by atoms with van der Waals surface area (Å²) in [7, 11) is 0. The summed E-state index contributed by atoms with van der Waals surface area (Å²) < 4.78 is 0. The largest absolute Gasteiger partial charge is 0.352 e. The van der Waals surface area contributed by atoms with Crippen LogP contribution in [0.4, 0.5) is 4.79 Å². The van der Waals surface area contributed by atoms with Gasteiger partial charge in [-0.3, -0.25) is 9.59 Å². The molecule has 2 aromatic rings. The highest BCUT2D eigenvalue weighted by Gasteiger charge is 2.25. The third kappa shape index (κ3) is 5.13. The zero-order valence-electron chi connectivity index (χ0n) is 16.6. The van der Waals surface area contributed by atoms with E-state index in [2.05, 4.69) is 12.2 Å². The molecule has 7 heteroatoms. The summed E-state index contributed by atoms with van der Waals surface area (Å²) in [4.78, 5) is 39.7. The monoisotopic (exact) mass is 394 g/mol. The molecule has 0 spiro atoms. The van der Waals surface area contributed by atoms with Crippen LogP contribution in [-0.2, 0) is 13.0 Å². The van der Waals surface area contributed by atoms with E-state index in [4.69, 9.17) is 5.73 Å². The molecular weight excluding hydrogens is 368 g/mol. The van der Waals surface area contributed by atoms with Gasteiger partial charge in [0.15, 0.2) is 0 Å². The average Bonchev–Trinajstić information content (AvgIpc) is 2.77. The number of primary amides is 1. The molecule has 3 N–H and O–H groups in total. The molecule has 1 aliphatic heterocycles. The van der Waals surface area contributed by atoms with E-state index in [1.165, 1.54) is 5.56 Å². The summed E-state index contributed by atoms with van der Waals surface area (Å²) in [6, 6.07) is 14.2. The van der Waals surface area contributed by atoms with E-state index in [-0.39, 0.29) is 11.8 Å². The maximum absolute atomic E-state index is 12.7. The van der Waals surface area contributed by atoms with Crippen LogP contribution in [0, 0.1) is 0 Å². The normalized spacial score (nSPS) is 13.8. The maximum atomic E-state index is 12.7. The fraction of sp³-hybridized carbons (Fsp3) is 0.318. The third-order valence-corrected chi connectivity index (χ3v) is 5.13. The van der Waals surface area contributed by atoms with Gasteiger partial charge in [0.2, 0.25) is 0 Å². The van der Waals surface area contributed by atoms with Gasteiger partial charge in [-0.25, -0.2) is 4.79 Å². The fourth-order valence-corrected chi connectivity index (χ4v) is 3.32. The van der Waals surface area contributed by atoms with Gasteiger partial charge in [-0.2, -0.15) is 0 Å². The summed E-state index contributed by atoms with van der Waals surface area (Å²) in [5, 5.41) is 2.52. The number of carbonyl (C=O) groups is 3. The Kier molecular flexibility index (Phi) is 6.49. The van der Waals surface area contributed by atoms with Crippen molar-refractivity contribution in [2.75, 3.05) is 26.2 Å². The lowest BCUT2D eigenvalue weighted by Crippen LogP contribution is -2.50. The van der Waals surface area contributed by atoms with Gasteiger partial charge in [0.25, 0.3) is 11.8 Å². The summed E-state index contributed by atoms with van der Waals surface area (Å²) in [6.45, 7) is 4.44. The van der Waals surface area contributed by atoms with Crippen molar-refractivity contribution in [3.05, 3.63) is 70.8 Å². The van der Waals surface area contributed by atoms with Crippen LogP contribution in [0.1, 0.15) is 38.8 Å². The molecule has 0 aromatic heterocycles. The van der Waals surface area contributed by atoms with Crippen LogP contribution in [0.15, 0.2) is 48.5 Å². The molecule has 2 aromatic carbocycles. The lowest BCUT2D eigenvalue weighted by atomic mass is 10.1. The molecule has 0 radical (unpaired) electrons. The quantitative estimate of drug-likeness (QED) is 0.812. The number of hydrogen-bond donors (Lipinski definition) is 2. The first kappa shape index (κ1) is 20.4. The predicted molar refractivity (Wildman–Crippen MR) is 110 cm³/mol. The molecule has 7 nitrogen and oxygen atoms in total. The first-order valence-electron chi connectivity index (χ1n) is 9.77. The first-order chi connectivity index (χ1) is 14.0. The lowest BCUT2D eigenvalue weighted by Gasteiger charge is -2.35. The number of benzene rings is 2. The van der Waals surface area contributed by atoms with E-state index in [1.54, 1.807) is 34.1 Å². The Labute approximate surface area is 170 Å². The molecule has 0 unspecified atom stereocenters. The molecule has 0 atom stereocenters. The molecule has 0 aliphatic carbocycles. The SMILES string of the molecule is CCc1ccc(C(=O)N2CCN(C(=O)c3ccc(CNC(N)=O)cc3)CC2)cc1. The van der Waals surface area contributed by atoms with E-state index in [1.807, 2.05) is 24.3 Å². The Hall–Kier alpha value is -3.35. The van der Waals surface area contributed by atoms with E-state index in [0.29, 0.717) is 43.9 Å². The van der Waals surface area contributed by atoms with Crippen molar-refractivity contribution in [1.82, 2.24) is 15.1 Å². The number of nitrogens with one attached hydrogen (secondary N) is 1. The molecule has 3 rings (SSSR count). The average molecular weight is 394 g/mol. The zero-order valence-corrected chi connectivity index (χ0v) is 16.6. The number of nitrogens with two attached hydrogens (primary N) is 1. The van der Waals surface area contributed by atoms with Gasteiger partial charge >= 0.3 is 6.03 Å². The molecular formula is C22H26N4O3. The summed E-state index contributed by atoms with van der Waals surface area (Å²) in [5.74, 6) is -0.0511. The number of aryl methyl sites for hydroxylation is 1. The van der Waals surface area contributed by atoms with Crippen LogP contribution in [0.3, 0.4) is 0 Å². The van der Waals surface area contributed by atoms with Crippen LogP contribution in [0.2, 0.25) is 0 Å². The number of rotatable bonds is 5. The minimum atomic E-state index is -0.584. The van der Waals surface area contributed by atoms with E-state index in [9.17, 15) is 14.4 Å². The second kappa shape index (κ2) is 9.23. The smallest absolute Gasteiger partial charge is 0.312 e. The Morgan fingerprint density at radius 3 is 1.59 bits per heavy atom. The van der Waals surface area contributed by atoms with E-state index in [0.717, 1.165) is 12.0 Å². The van der Waals surface area contributed by atoms with E-state index >= 15 is 0 Å². The van der Waals surface area contributed by atoms with Crippen LogP contribution in [-0.4, -0.2) is 53.8 Å². The van der Waals surface area contributed by atoms with Crippen LogP contribution in [0.25, 0.3) is 0 Å². The van der Waals surface area contributed by atoms with Crippen molar-refractivity contribution >= 4 is 17.8 Å². The Morgan fingerprint density at radius 2 is 1.21 bits per heavy atom. The molecule has 1 aliphatic rings. The van der Waals surface area contributed by atoms with E-state index < -0.39 is 6.03 Å². The number of amides is 4. The van der Waals surface area contributed by atoms with Gasteiger partial charge in [-0.05, 0) is 41.8 Å². The van der Waals surface area contributed by atoms with Crippen LogP contribution < -0.4 is 11.1 Å². The van der Waals surface area contributed by atoms with Crippen molar-refractivity contribution in [1.29, 1.82) is 0 Å². The highest BCUT2D eigenvalue weighted by molar-refractivity contribution is 5.96. The fourth-order valence-electron chi connectivity index (χ4n) is 3.32. The van der Waals surface area contributed by atoms with Gasteiger partial charge in [0, 0.05) is 43.9 Å². The molecule has 4 amide bonds. The number of hydrogen-bond acceptors (Lipinski definition) is 3. The molecule has 29 heavy (non-hydrogen) atoms. The lowest BCUT2D eigenvalue weighted by molar-refractivity contribution is 0.0535. The van der Waals surface area contributed by atoms with Crippen LogP contribution in [0.5, 0.6) is 0 Å². The van der Waals surface area contributed by atoms with Crippen LogP contribution >= 0.6 is 0 Å². The molecule has 1 saturated heterocycles. The topological polar surface area (TPSA) is 95.7 Å². The number of carbonyl (C=O) groups excluding carboxylic acids is 3. The zero-order chi connectivity index (χ0) is 20.8. The standard InChI is InChI=1S/C22H26N4O3/c1-2-16-3-7-18(8-4-16)20(27)25-11-13-26(14-12-25)21(28)19-9-5-17(6-10-19)15-24-22(23)29/h3-10H,2,11-15H2,1H3,(H3,23,24,29). The molecule has 0 bridgehead atoms. The molecule has 1 heterocycles. The Bertz CT molecular complexity index is 870. The Balaban J connectivity index is 1.54. The van der Waals surface area contributed by atoms with Crippen molar-refractivity contribution in [2.45, 2.75) is 19.9 Å². The minimum absolute atomic E-state index is 0.00561. The summed E-state index contributed by atoms with van der Waals surface area (Å²) in [5.41, 5.74) is 8.40. The van der Waals surface area contributed by atoms with Gasteiger partial charge in [-0.15, -0.1) is 0 Å². The highest BCUT2D eigenvalue weighted by atomic mass is 16.2. The van der Waals surface area contributed by atoms with Gasteiger partial charge in [-0.1, -0.05) is 31.2 Å². The molecule has 0 saturated carbocycles. The predicted octanol–water partition coefficient (Wildman–Crippen LogP) is 2.02. The van der Waals surface area contributed by atoms with Crippen molar-refractivity contribution in [3.8, 4) is 0 Å². The Morgan fingerprint density at radius 1 is 0.793 bits per heavy atom. The van der Waals surface area contributed by atoms with Gasteiger partial charge < -0.3 is 20.9 Å². The maximum Gasteiger partial charge on any atom is 0.312 e. The van der Waals surface area contributed by atoms with Gasteiger partial charge in [0.05, 0.1) is 0 Å². The first-order valence-corrected chi connectivity index (χ1v) is 9.77. The third-order valence-electron chi connectivity index (χ3n) is 5.13. The number of piperazine rings is 1. The molecule has 1 fully saturated rings.